The van der Waals surface area contributed by atoms with Gasteiger partial charge >= 0.3 is 6.61 Å². The highest BCUT2D eigenvalue weighted by molar-refractivity contribution is 7.89. The molecule has 2 aromatic carbocycles. The van der Waals surface area contributed by atoms with Gasteiger partial charge in [-0.1, -0.05) is 11.6 Å². The van der Waals surface area contributed by atoms with Crippen molar-refractivity contribution in [2.45, 2.75) is 32.3 Å². The molecule has 0 atom stereocenters. The van der Waals surface area contributed by atoms with Crippen molar-refractivity contribution < 1.29 is 26.7 Å². The molecule has 0 aliphatic rings. The fraction of sp³-hybridized carbons (Fsp3) is 0.278. The van der Waals surface area contributed by atoms with Crippen LogP contribution in [-0.2, 0) is 10.0 Å². The molecule has 0 spiro atoms. The van der Waals surface area contributed by atoms with Crippen molar-refractivity contribution >= 4 is 15.7 Å². The first kappa shape index (κ1) is 20.6. The highest BCUT2D eigenvalue weighted by atomic mass is 32.2. The van der Waals surface area contributed by atoms with Crippen molar-refractivity contribution in [1.82, 2.24) is 4.83 Å². The van der Waals surface area contributed by atoms with Crippen LogP contribution in [0.1, 0.15) is 25.0 Å². The van der Waals surface area contributed by atoms with E-state index in [1.54, 1.807) is 19.1 Å². The molecule has 146 valence electrons. The van der Waals surface area contributed by atoms with Gasteiger partial charge in [-0.2, -0.15) is 27.1 Å². The number of alkyl halides is 2. The lowest BCUT2D eigenvalue weighted by atomic mass is 10.1. The summed E-state index contributed by atoms with van der Waals surface area (Å²) in [6, 6.07) is 10.4. The Bertz CT molecular complexity index is 913. The van der Waals surface area contributed by atoms with Crippen LogP contribution in [0.15, 0.2) is 52.5 Å². The third kappa shape index (κ3) is 5.65. The Labute approximate surface area is 156 Å². The number of halogens is 2. The van der Waals surface area contributed by atoms with E-state index < -0.39 is 16.6 Å². The summed E-state index contributed by atoms with van der Waals surface area (Å²) in [7, 11) is -3.92. The van der Waals surface area contributed by atoms with Gasteiger partial charge in [0.05, 0.1) is 17.2 Å². The van der Waals surface area contributed by atoms with E-state index in [1.165, 1.54) is 37.3 Å². The molecule has 0 saturated heterocycles. The van der Waals surface area contributed by atoms with Crippen LogP contribution in [0.2, 0.25) is 0 Å². The zero-order valence-corrected chi connectivity index (χ0v) is 15.9. The lowest BCUT2D eigenvalue weighted by Crippen LogP contribution is -2.20. The second kappa shape index (κ2) is 8.81. The average Bonchev–Trinajstić information content (AvgIpc) is 2.61. The van der Waals surface area contributed by atoms with Crippen LogP contribution >= 0.6 is 0 Å². The standard InChI is InChI=1S/C18H20F2N2O4S/c1-4-25-14-6-8-15(9-7-14)27(23,24)22-21-13(3)16-11-12(2)5-10-17(16)26-18(19)20/h5-11,18,22H,4H2,1-3H3/b21-13-. The molecule has 2 aromatic rings. The Morgan fingerprint density at radius 2 is 1.85 bits per heavy atom. The molecule has 2 rings (SSSR count). The van der Waals surface area contributed by atoms with E-state index in [1.807, 2.05) is 6.92 Å². The number of sulfonamides is 1. The normalized spacial score (nSPS) is 12.1. The lowest BCUT2D eigenvalue weighted by Gasteiger charge is -2.12. The van der Waals surface area contributed by atoms with Crippen LogP contribution in [0.3, 0.4) is 0 Å². The molecule has 1 N–H and O–H groups in total. The van der Waals surface area contributed by atoms with Crippen molar-refractivity contribution in [2.75, 3.05) is 6.61 Å². The first-order valence-corrected chi connectivity index (χ1v) is 9.56. The van der Waals surface area contributed by atoms with Crippen LogP contribution < -0.4 is 14.3 Å². The quantitative estimate of drug-likeness (QED) is 0.543. The number of nitrogens with zero attached hydrogens (tertiary/aromatic N) is 1. The van der Waals surface area contributed by atoms with Gasteiger partial charge < -0.3 is 9.47 Å². The highest BCUT2D eigenvalue weighted by Gasteiger charge is 2.15. The number of rotatable bonds is 8. The first-order chi connectivity index (χ1) is 12.7. The number of benzene rings is 2. The zero-order valence-electron chi connectivity index (χ0n) is 15.1. The summed E-state index contributed by atoms with van der Waals surface area (Å²) < 4.78 is 59.6. The summed E-state index contributed by atoms with van der Waals surface area (Å²) in [5.41, 5.74) is 1.24. The fourth-order valence-corrected chi connectivity index (χ4v) is 3.11. The summed E-state index contributed by atoms with van der Waals surface area (Å²) in [4.78, 5) is 2.10. The third-order valence-corrected chi connectivity index (χ3v) is 4.74. The number of hydrogen-bond acceptors (Lipinski definition) is 5. The van der Waals surface area contributed by atoms with Gasteiger partial charge in [-0.05, 0) is 57.2 Å². The maximum Gasteiger partial charge on any atom is 0.387 e. The number of nitrogens with one attached hydrogen (secondary N) is 1. The topological polar surface area (TPSA) is 77.0 Å². The van der Waals surface area contributed by atoms with E-state index in [0.29, 0.717) is 12.4 Å². The van der Waals surface area contributed by atoms with Crippen molar-refractivity contribution in [2.24, 2.45) is 5.10 Å². The lowest BCUT2D eigenvalue weighted by molar-refractivity contribution is -0.0499. The van der Waals surface area contributed by atoms with Gasteiger partial charge in [0.2, 0.25) is 0 Å². The Morgan fingerprint density at radius 1 is 1.19 bits per heavy atom. The minimum atomic E-state index is -3.92. The van der Waals surface area contributed by atoms with E-state index in [4.69, 9.17) is 4.74 Å². The summed E-state index contributed by atoms with van der Waals surface area (Å²) in [5, 5.41) is 3.83. The van der Waals surface area contributed by atoms with Crippen LogP contribution in [0.5, 0.6) is 11.5 Å². The summed E-state index contributed by atoms with van der Waals surface area (Å²) >= 11 is 0. The minimum Gasteiger partial charge on any atom is -0.494 e. The van der Waals surface area contributed by atoms with Crippen molar-refractivity contribution in [1.29, 1.82) is 0 Å². The van der Waals surface area contributed by atoms with E-state index >= 15 is 0 Å². The van der Waals surface area contributed by atoms with Gasteiger partial charge in [0.25, 0.3) is 10.0 Å². The molecule has 0 aliphatic carbocycles. The van der Waals surface area contributed by atoms with Crippen LogP contribution in [0, 0.1) is 6.92 Å². The number of hydrogen-bond donors (Lipinski definition) is 1. The molecule has 0 saturated carbocycles. The number of hydrazone groups is 1. The van der Waals surface area contributed by atoms with Crippen molar-refractivity contribution in [3.05, 3.63) is 53.6 Å². The largest absolute Gasteiger partial charge is 0.494 e. The molecule has 0 bridgehead atoms. The van der Waals surface area contributed by atoms with Crippen LogP contribution in [0.25, 0.3) is 0 Å². The van der Waals surface area contributed by atoms with E-state index in [0.717, 1.165) is 5.56 Å². The molecule has 9 heteroatoms. The number of aryl methyl sites for hydroxylation is 1. The predicted molar refractivity (Wildman–Crippen MR) is 98.0 cm³/mol. The van der Waals surface area contributed by atoms with Crippen molar-refractivity contribution in [3.8, 4) is 11.5 Å². The number of ether oxygens (including phenoxy) is 2. The maximum absolute atomic E-state index is 12.6. The molecule has 0 fully saturated rings. The smallest absolute Gasteiger partial charge is 0.387 e. The first-order valence-electron chi connectivity index (χ1n) is 8.07. The predicted octanol–water partition coefficient (Wildman–Crippen LogP) is 3.70. The molecular weight excluding hydrogens is 378 g/mol. The summed E-state index contributed by atoms with van der Waals surface area (Å²) in [6.07, 6.45) is 0. The average molecular weight is 398 g/mol. The molecule has 0 aromatic heterocycles. The Balaban J connectivity index is 2.24. The SMILES string of the molecule is CCOc1ccc(S(=O)(=O)N/N=C(/C)c2cc(C)ccc2OC(F)F)cc1. The minimum absolute atomic E-state index is 0.00389. The molecule has 0 unspecified atom stereocenters. The van der Waals surface area contributed by atoms with Gasteiger partial charge in [0.15, 0.2) is 0 Å². The van der Waals surface area contributed by atoms with E-state index in [9.17, 15) is 17.2 Å². The Kier molecular flexibility index (Phi) is 6.73. The second-order valence-electron chi connectivity index (χ2n) is 5.57. The maximum atomic E-state index is 12.6. The molecule has 0 aliphatic heterocycles. The van der Waals surface area contributed by atoms with Gasteiger partial charge in [0.1, 0.15) is 11.5 Å². The molecule has 0 heterocycles. The molecule has 0 amide bonds. The van der Waals surface area contributed by atoms with E-state index in [-0.39, 0.29) is 21.9 Å². The van der Waals surface area contributed by atoms with Crippen LogP contribution in [0.4, 0.5) is 8.78 Å². The van der Waals surface area contributed by atoms with Crippen LogP contribution in [-0.4, -0.2) is 27.3 Å². The highest BCUT2D eigenvalue weighted by Crippen LogP contribution is 2.23. The Hall–Kier alpha value is -2.68. The Morgan fingerprint density at radius 3 is 2.44 bits per heavy atom. The molecule has 27 heavy (non-hydrogen) atoms. The summed E-state index contributed by atoms with van der Waals surface area (Å²) in [6.45, 7) is 2.55. The second-order valence-corrected chi connectivity index (χ2v) is 7.24. The molecular formula is C18H20F2N2O4S. The van der Waals surface area contributed by atoms with E-state index in [2.05, 4.69) is 14.7 Å². The van der Waals surface area contributed by atoms with Gasteiger partial charge in [-0.3, -0.25) is 0 Å². The van der Waals surface area contributed by atoms with Gasteiger partial charge in [-0.25, -0.2) is 0 Å². The monoisotopic (exact) mass is 398 g/mol. The molecule has 6 nitrogen and oxygen atoms in total. The fourth-order valence-electron chi connectivity index (χ4n) is 2.25. The van der Waals surface area contributed by atoms with Gasteiger partial charge in [0, 0.05) is 5.56 Å². The summed E-state index contributed by atoms with van der Waals surface area (Å²) in [5.74, 6) is 0.460. The van der Waals surface area contributed by atoms with Crippen molar-refractivity contribution in [3.63, 3.8) is 0 Å². The van der Waals surface area contributed by atoms with Gasteiger partial charge in [-0.15, -0.1) is 0 Å². The zero-order chi connectivity index (χ0) is 20.0. The third-order valence-electron chi connectivity index (χ3n) is 3.52. The molecule has 0 radical (unpaired) electrons.